The van der Waals surface area contributed by atoms with E-state index in [9.17, 15) is 10.1 Å². The Hall–Kier alpha value is -2.92. The molecule has 0 saturated heterocycles. The fourth-order valence-corrected chi connectivity index (χ4v) is 3.78. The van der Waals surface area contributed by atoms with Gasteiger partial charge in [-0.3, -0.25) is 10.1 Å². The molecule has 0 aliphatic carbocycles. The highest BCUT2D eigenvalue weighted by Crippen LogP contribution is 2.12. The van der Waals surface area contributed by atoms with Crippen molar-refractivity contribution >= 4 is 5.69 Å². The van der Waals surface area contributed by atoms with Crippen LogP contribution < -0.4 is 4.90 Å². The normalized spacial score (nSPS) is 12.3. The second-order valence-electron chi connectivity index (χ2n) is 8.58. The van der Waals surface area contributed by atoms with Crippen LogP contribution in [0.3, 0.4) is 0 Å². The topological polar surface area (TPSA) is 52.5 Å². The highest BCUT2D eigenvalue weighted by molar-refractivity contribution is 5.32. The number of benzene rings is 2. The summed E-state index contributed by atoms with van der Waals surface area (Å²) in [7, 11) is 0. The molecule has 1 atom stereocenters. The third-order valence-electron chi connectivity index (χ3n) is 5.47. The maximum atomic E-state index is 10.9. The number of aromatic nitrogens is 1. The second kappa shape index (κ2) is 10.2. The van der Waals surface area contributed by atoms with Crippen LogP contribution in [0.5, 0.6) is 0 Å². The van der Waals surface area contributed by atoms with Gasteiger partial charge in [-0.25, -0.2) is 0 Å². The number of nitro benzene ring substituents is 1. The highest BCUT2D eigenvalue weighted by Gasteiger charge is 2.15. The van der Waals surface area contributed by atoms with Gasteiger partial charge in [0.25, 0.3) is 5.69 Å². The maximum absolute atomic E-state index is 10.9. The Balaban J connectivity index is 1.73. The smallest absolute Gasteiger partial charge is 0.269 e. The molecule has 1 N–H and O–H groups in total. The van der Waals surface area contributed by atoms with E-state index < -0.39 is 0 Å². The van der Waals surface area contributed by atoms with E-state index in [0.29, 0.717) is 5.92 Å². The molecule has 0 amide bonds. The maximum Gasteiger partial charge on any atom is 0.269 e. The van der Waals surface area contributed by atoms with Crippen molar-refractivity contribution in [3.63, 3.8) is 0 Å². The molecule has 1 unspecified atom stereocenters. The number of nitrogens with zero attached hydrogens (tertiary/aromatic N) is 2. The highest BCUT2D eigenvalue weighted by atomic mass is 16.6. The summed E-state index contributed by atoms with van der Waals surface area (Å²) in [5.74, 6) is 0.649. The van der Waals surface area contributed by atoms with Crippen molar-refractivity contribution in [2.45, 2.75) is 46.8 Å². The predicted molar refractivity (Wildman–Crippen MR) is 121 cm³/mol. The minimum atomic E-state index is -0.342. The molecule has 0 aliphatic heterocycles. The lowest BCUT2D eigenvalue weighted by Gasteiger charge is -2.22. The van der Waals surface area contributed by atoms with Crippen LogP contribution in [0, 0.1) is 23.0 Å². The zero-order valence-corrected chi connectivity index (χ0v) is 18.2. The van der Waals surface area contributed by atoms with Crippen LogP contribution in [0.1, 0.15) is 42.7 Å². The molecular weight excluding hydrogens is 374 g/mol. The molecule has 2 aromatic carbocycles. The third kappa shape index (κ3) is 6.29. The Labute approximate surface area is 179 Å². The first-order valence-corrected chi connectivity index (χ1v) is 10.7. The summed E-state index contributed by atoms with van der Waals surface area (Å²) in [4.78, 5) is 12.1. The molecule has 1 aromatic heterocycles. The van der Waals surface area contributed by atoms with Crippen LogP contribution in [0.4, 0.5) is 5.69 Å². The van der Waals surface area contributed by atoms with E-state index in [0.717, 1.165) is 38.2 Å². The standard InChI is InChI=1S/C25H31N3O2/c1-20(2)13-15-26(17-22-9-11-24(12-10-22)28(29)30)19-25-8-5-14-27(25)18-23-7-4-6-21(3)16-23/h4-12,14,16,20H,13,15,17-19H2,1-3H3/p+1. The number of hydrogen-bond acceptors (Lipinski definition) is 2. The molecule has 0 radical (unpaired) electrons. The van der Waals surface area contributed by atoms with E-state index in [1.54, 1.807) is 12.1 Å². The van der Waals surface area contributed by atoms with Gasteiger partial charge in [0.05, 0.1) is 17.2 Å². The van der Waals surface area contributed by atoms with Gasteiger partial charge >= 0.3 is 0 Å². The van der Waals surface area contributed by atoms with Gasteiger partial charge in [-0.1, -0.05) is 43.7 Å². The van der Waals surface area contributed by atoms with E-state index in [-0.39, 0.29) is 10.6 Å². The largest absolute Gasteiger partial charge is 0.342 e. The predicted octanol–water partition coefficient (Wildman–Crippen LogP) is 4.38. The molecule has 0 saturated carbocycles. The third-order valence-corrected chi connectivity index (χ3v) is 5.47. The quantitative estimate of drug-likeness (QED) is 0.401. The summed E-state index contributed by atoms with van der Waals surface area (Å²) < 4.78 is 2.33. The molecule has 0 aliphatic rings. The van der Waals surface area contributed by atoms with Crippen molar-refractivity contribution in [2.75, 3.05) is 6.54 Å². The Kier molecular flexibility index (Phi) is 7.41. The average molecular weight is 407 g/mol. The van der Waals surface area contributed by atoms with Crippen molar-refractivity contribution in [3.05, 3.63) is 99.4 Å². The van der Waals surface area contributed by atoms with Crippen molar-refractivity contribution in [2.24, 2.45) is 5.92 Å². The number of aryl methyl sites for hydroxylation is 1. The summed E-state index contributed by atoms with van der Waals surface area (Å²) in [5.41, 5.74) is 5.19. The van der Waals surface area contributed by atoms with E-state index in [1.165, 1.54) is 21.7 Å². The SMILES string of the molecule is Cc1cccc(Cn2cccc2C[NH+](CCC(C)C)Cc2ccc([N+](=O)[O-])cc2)c1. The minimum absolute atomic E-state index is 0.148. The summed E-state index contributed by atoms with van der Waals surface area (Å²) >= 11 is 0. The number of non-ortho nitro benzene ring substituents is 1. The zero-order valence-electron chi connectivity index (χ0n) is 18.2. The Morgan fingerprint density at radius 3 is 2.43 bits per heavy atom. The number of rotatable bonds is 10. The lowest BCUT2D eigenvalue weighted by Crippen LogP contribution is -3.09. The molecule has 0 spiro atoms. The summed E-state index contributed by atoms with van der Waals surface area (Å²) in [5, 5.41) is 10.9. The van der Waals surface area contributed by atoms with Gasteiger partial charge in [-0.2, -0.15) is 0 Å². The fourth-order valence-electron chi connectivity index (χ4n) is 3.78. The summed E-state index contributed by atoms with van der Waals surface area (Å²) in [6, 6.07) is 20.0. The van der Waals surface area contributed by atoms with E-state index in [4.69, 9.17) is 0 Å². The molecular formula is C25H32N3O2+. The Morgan fingerprint density at radius 1 is 1.00 bits per heavy atom. The van der Waals surface area contributed by atoms with E-state index in [2.05, 4.69) is 67.9 Å². The second-order valence-corrected chi connectivity index (χ2v) is 8.58. The van der Waals surface area contributed by atoms with Crippen LogP contribution in [0.15, 0.2) is 66.9 Å². The molecule has 3 aromatic rings. The minimum Gasteiger partial charge on any atom is -0.342 e. The molecule has 0 bridgehead atoms. The van der Waals surface area contributed by atoms with Crippen LogP contribution in [-0.2, 0) is 19.6 Å². The van der Waals surface area contributed by atoms with Crippen molar-refractivity contribution in [1.82, 2.24) is 4.57 Å². The van der Waals surface area contributed by atoms with E-state index >= 15 is 0 Å². The first-order valence-electron chi connectivity index (χ1n) is 10.7. The van der Waals surface area contributed by atoms with Crippen LogP contribution in [0.2, 0.25) is 0 Å². The first-order chi connectivity index (χ1) is 14.4. The number of quaternary nitrogens is 1. The zero-order chi connectivity index (χ0) is 21.5. The molecule has 5 heteroatoms. The lowest BCUT2D eigenvalue weighted by atomic mass is 10.1. The van der Waals surface area contributed by atoms with Crippen molar-refractivity contribution < 1.29 is 9.82 Å². The molecule has 1 heterocycles. The van der Waals surface area contributed by atoms with E-state index in [1.807, 2.05) is 12.1 Å². The van der Waals surface area contributed by atoms with Gasteiger partial charge < -0.3 is 9.47 Å². The van der Waals surface area contributed by atoms with Crippen LogP contribution in [0.25, 0.3) is 0 Å². The molecule has 3 rings (SSSR count). The van der Waals surface area contributed by atoms with Gasteiger partial charge in [0.2, 0.25) is 0 Å². The molecule has 5 nitrogen and oxygen atoms in total. The Morgan fingerprint density at radius 2 is 1.77 bits per heavy atom. The van der Waals surface area contributed by atoms with Crippen LogP contribution in [-0.4, -0.2) is 16.0 Å². The number of nitro groups is 1. The summed E-state index contributed by atoms with van der Waals surface area (Å²) in [6.45, 7) is 10.4. The lowest BCUT2D eigenvalue weighted by molar-refractivity contribution is -0.928. The van der Waals surface area contributed by atoms with Gasteiger partial charge in [-0.05, 0) is 49.1 Å². The summed E-state index contributed by atoms with van der Waals surface area (Å²) in [6.07, 6.45) is 3.31. The van der Waals surface area contributed by atoms with Crippen LogP contribution >= 0.6 is 0 Å². The van der Waals surface area contributed by atoms with Gasteiger partial charge in [0.1, 0.15) is 13.1 Å². The fraction of sp³-hybridized carbons (Fsp3) is 0.360. The van der Waals surface area contributed by atoms with Gasteiger partial charge in [-0.15, -0.1) is 0 Å². The van der Waals surface area contributed by atoms with Gasteiger partial charge in [0.15, 0.2) is 0 Å². The number of nitrogens with one attached hydrogen (secondary N) is 1. The Bertz CT molecular complexity index is 961. The molecule has 30 heavy (non-hydrogen) atoms. The molecule has 0 fully saturated rings. The van der Waals surface area contributed by atoms with Crippen molar-refractivity contribution in [1.29, 1.82) is 0 Å². The molecule has 158 valence electrons. The average Bonchev–Trinajstić information content (AvgIpc) is 3.13. The monoisotopic (exact) mass is 406 g/mol. The first kappa shape index (κ1) is 21.8. The van der Waals surface area contributed by atoms with Gasteiger partial charge in [0, 0.05) is 30.4 Å². The van der Waals surface area contributed by atoms with Crippen molar-refractivity contribution in [3.8, 4) is 0 Å². The number of hydrogen-bond donors (Lipinski definition) is 1.